The number of rotatable bonds is 7. The van der Waals surface area contributed by atoms with Gasteiger partial charge in [0.25, 0.3) is 0 Å². The Morgan fingerprint density at radius 1 is 0.921 bits per heavy atom. The van der Waals surface area contributed by atoms with E-state index in [1.54, 1.807) is 24.8 Å². The molecule has 1 aromatic carbocycles. The van der Waals surface area contributed by atoms with Crippen molar-refractivity contribution in [1.29, 1.82) is 0 Å². The summed E-state index contributed by atoms with van der Waals surface area (Å²) in [7, 11) is 4.00. The Balaban J connectivity index is 1.40. The number of benzene rings is 1. The molecule has 0 atom stereocenters. The fourth-order valence-corrected chi connectivity index (χ4v) is 4.54. The van der Waals surface area contributed by atoms with E-state index in [1.165, 1.54) is 12.1 Å². The first kappa shape index (κ1) is 23.6. The molecule has 0 saturated heterocycles. The number of halogens is 1. The van der Waals surface area contributed by atoms with E-state index in [0.29, 0.717) is 29.2 Å². The maximum absolute atomic E-state index is 14.6. The zero-order chi connectivity index (χ0) is 26.2. The maximum atomic E-state index is 14.6. The quantitative estimate of drug-likeness (QED) is 0.242. The highest BCUT2D eigenvalue weighted by molar-refractivity contribution is 6.00. The molecule has 6 rings (SSSR count). The summed E-state index contributed by atoms with van der Waals surface area (Å²) in [6.45, 7) is 1.54. The van der Waals surface area contributed by atoms with Crippen molar-refractivity contribution in [2.24, 2.45) is 0 Å². The summed E-state index contributed by atoms with van der Waals surface area (Å²) in [5, 5.41) is 12.7. The van der Waals surface area contributed by atoms with Gasteiger partial charge in [-0.05, 0) is 56.6 Å². The van der Waals surface area contributed by atoms with Crippen LogP contribution in [0.2, 0.25) is 0 Å². The first-order valence-corrected chi connectivity index (χ1v) is 12.2. The second kappa shape index (κ2) is 9.56. The predicted octanol–water partition coefficient (Wildman–Crippen LogP) is 4.93. The number of fused-ring (bicyclic) bond motifs is 2. The molecule has 5 heterocycles. The Hall–Kier alpha value is -4.83. The van der Waals surface area contributed by atoms with Crippen LogP contribution in [0, 0.1) is 5.82 Å². The molecule has 0 spiro atoms. The number of hydrogen-bond donors (Lipinski definition) is 4. The number of aromatic nitrogens is 6. The van der Waals surface area contributed by atoms with Gasteiger partial charge in [-0.15, -0.1) is 0 Å². The summed E-state index contributed by atoms with van der Waals surface area (Å²) < 4.78 is 14.6. The van der Waals surface area contributed by atoms with Gasteiger partial charge in [-0.25, -0.2) is 4.39 Å². The molecular weight excluding hydrogens is 481 g/mol. The second-order valence-corrected chi connectivity index (χ2v) is 9.46. The van der Waals surface area contributed by atoms with Gasteiger partial charge in [0.05, 0.1) is 34.5 Å². The molecule has 9 nitrogen and oxygen atoms in total. The van der Waals surface area contributed by atoms with E-state index in [0.717, 1.165) is 51.0 Å². The third kappa shape index (κ3) is 4.53. The van der Waals surface area contributed by atoms with Gasteiger partial charge in [-0.1, -0.05) is 0 Å². The van der Waals surface area contributed by atoms with Gasteiger partial charge < -0.3 is 20.9 Å². The minimum atomic E-state index is -0.321. The Morgan fingerprint density at radius 3 is 2.63 bits per heavy atom. The molecule has 0 bridgehead atoms. The molecule has 0 aliphatic carbocycles. The Kier molecular flexibility index (Phi) is 5.93. The van der Waals surface area contributed by atoms with E-state index >= 15 is 0 Å². The number of anilines is 2. The number of nitrogens with two attached hydrogens (primary N) is 1. The summed E-state index contributed by atoms with van der Waals surface area (Å²) in [5.74, 6) is -0.321. The largest absolute Gasteiger partial charge is 0.397 e. The number of nitrogens with one attached hydrogen (secondary N) is 3. The van der Waals surface area contributed by atoms with Crippen molar-refractivity contribution in [3.8, 4) is 33.9 Å². The number of likely N-dealkylation sites (N-methyl/N-ethyl adjacent to an activating group) is 1. The molecule has 0 unspecified atom stereocenters. The molecular formula is C28H26FN9. The molecule has 10 heteroatoms. The van der Waals surface area contributed by atoms with Gasteiger partial charge in [0.1, 0.15) is 11.5 Å². The Morgan fingerprint density at radius 2 is 1.79 bits per heavy atom. The summed E-state index contributed by atoms with van der Waals surface area (Å²) in [5.41, 5.74) is 13.4. The van der Waals surface area contributed by atoms with Crippen LogP contribution >= 0.6 is 0 Å². The number of hydrogen-bond acceptors (Lipinski definition) is 7. The highest BCUT2D eigenvalue weighted by Crippen LogP contribution is 2.34. The standard InChI is InChI=1S/C28H26FN9/c1-38(2)6-5-32-20-9-16(7-18(29)10-20)27-21-12-25(35-23(21)3-4-33-27)28-22-11-24(34-15-26(22)36-37-28)17-8-19(30)14-31-13-17/h3-4,7-15,32,35H,5-6,30H2,1-2H3,(H,36,37). The van der Waals surface area contributed by atoms with E-state index in [4.69, 9.17) is 5.73 Å². The van der Waals surface area contributed by atoms with Crippen LogP contribution in [0.3, 0.4) is 0 Å². The van der Waals surface area contributed by atoms with Crippen molar-refractivity contribution in [2.75, 3.05) is 38.2 Å². The number of pyridine rings is 3. The van der Waals surface area contributed by atoms with Crippen molar-refractivity contribution in [1.82, 2.24) is 35.0 Å². The lowest BCUT2D eigenvalue weighted by Crippen LogP contribution is -2.20. The maximum Gasteiger partial charge on any atom is 0.125 e. The molecule has 0 radical (unpaired) electrons. The Bertz CT molecular complexity index is 1770. The number of nitrogen functional groups attached to an aromatic ring is 1. The minimum absolute atomic E-state index is 0.321. The highest BCUT2D eigenvalue weighted by atomic mass is 19.1. The van der Waals surface area contributed by atoms with Crippen LogP contribution in [0.25, 0.3) is 55.7 Å². The van der Waals surface area contributed by atoms with Crippen molar-refractivity contribution in [2.45, 2.75) is 0 Å². The second-order valence-electron chi connectivity index (χ2n) is 9.46. The number of H-pyrrole nitrogens is 2. The van der Waals surface area contributed by atoms with Crippen molar-refractivity contribution >= 4 is 33.2 Å². The van der Waals surface area contributed by atoms with Gasteiger partial charge in [-0.3, -0.25) is 20.1 Å². The normalized spacial score (nSPS) is 11.6. The first-order chi connectivity index (χ1) is 18.4. The average Bonchev–Trinajstić information content (AvgIpc) is 3.51. The molecule has 0 saturated carbocycles. The van der Waals surface area contributed by atoms with Crippen LogP contribution in [0.1, 0.15) is 0 Å². The topological polar surface area (TPSA) is 124 Å². The molecule has 38 heavy (non-hydrogen) atoms. The monoisotopic (exact) mass is 507 g/mol. The van der Waals surface area contributed by atoms with E-state index in [9.17, 15) is 4.39 Å². The highest BCUT2D eigenvalue weighted by Gasteiger charge is 2.16. The summed E-state index contributed by atoms with van der Waals surface area (Å²) in [6, 6.07) is 12.6. The zero-order valence-corrected chi connectivity index (χ0v) is 21.0. The molecule has 0 aliphatic rings. The van der Waals surface area contributed by atoms with Crippen LogP contribution in [0.15, 0.2) is 67.3 Å². The first-order valence-electron chi connectivity index (χ1n) is 12.2. The lowest BCUT2D eigenvalue weighted by Gasteiger charge is -2.12. The van der Waals surface area contributed by atoms with Crippen LogP contribution in [0.5, 0.6) is 0 Å². The van der Waals surface area contributed by atoms with Crippen molar-refractivity contribution in [3.63, 3.8) is 0 Å². The van der Waals surface area contributed by atoms with Gasteiger partial charge in [-0.2, -0.15) is 5.10 Å². The van der Waals surface area contributed by atoms with Crippen molar-refractivity contribution in [3.05, 3.63) is 73.1 Å². The lowest BCUT2D eigenvalue weighted by molar-refractivity contribution is 0.425. The smallest absolute Gasteiger partial charge is 0.125 e. The number of aromatic amines is 2. The predicted molar refractivity (Wildman–Crippen MR) is 149 cm³/mol. The molecule has 5 N–H and O–H groups in total. The van der Waals surface area contributed by atoms with Crippen molar-refractivity contribution < 1.29 is 4.39 Å². The van der Waals surface area contributed by atoms with E-state index in [1.807, 2.05) is 44.4 Å². The minimum Gasteiger partial charge on any atom is -0.397 e. The molecule has 5 aromatic heterocycles. The van der Waals surface area contributed by atoms with Gasteiger partial charge in [0.15, 0.2) is 0 Å². The van der Waals surface area contributed by atoms with E-state index < -0.39 is 0 Å². The third-order valence-corrected chi connectivity index (χ3v) is 6.37. The molecule has 6 aromatic rings. The van der Waals surface area contributed by atoms with Crippen LogP contribution in [-0.2, 0) is 0 Å². The number of nitrogens with zero attached hydrogens (tertiary/aromatic N) is 5. The zero-order valence-electron chi connectivity index (χ0n) is 21.0. The molecule has 0 aliphatic heterocycles. The molecule has 0 amide bonds. The molecule has 0 fully saturated rings. The fraction of sp³-hybridized carbons (Fsp3) is 0.143. The summed E-state index contributed by atoms with van der Waals surface area (Å²) in [6.07, 6.45) is 6.80. The average molecular weight is 508 g/mol. The van der Waals surface area contributed by atoms with Crippen LogP contribution < -0.4 is 11.1 Å². The van der Waals surface area contributed by atoms with E-state index in [-0.39, 0.29) is 5.82 Å². The van der Waals surface area contributed by atoms with Gasteiger partial charge in [0.2, 0.25) is 0 Å². The lowest BCUT2D eigenvalue weighted by atomic mass is 10.1. The van der Waals surface area contributed by atoms with Crippen LogP contribution in [0.4, 0.5) is 15.8 Å². The summed E-state index contributed by atoms with van der Waals surface area (Å²) in [4.78, 5) is 18.8. The van der Waals surface area contributed by atoms with Gasteiger partial charge >= 0.3 is 0 Å². The van der Waals surface area contributed by atoms with Gasteiger partial charge in [0, 0.05) is 64.8 Å². The molecule has 190 valence electrons. The third-order valence-electron chi connectivity index (χ3n) is 6.37. The van der Waals surface area contributed by atoms with Crippen LogP contribution in [-0.4, -0.2) is 62.2 Å². The summed E-state index contributed by atoms with van der Waals surface area (Å²) >= 11 is 0. The SMILES string of the molecule is CN(C)CCNc1cc(F)cc(-c2nccc3[nH]c(-c4n[nH]c5cnc(-c6cncc(N)c6)cc45)cc23)c1. The van der Waals surface area contributed by atoms with E-state index in [2.05, 4.69) is 40.3 Å². The Labute approximate surface area is 218 Å². The fourth-order valence-electron chi connectivity index (χ4n) is 4.54.